The summed E-state index contributed by atoms with van der Waals surface area (Å²) in [7, 11) is 0. The van der Waals surface area contributed by atoms with E-state index in [-0.39, 0.29) is 6.42 Å². The summed E-state index contributed by atoms with van der Waals surface area (Å²) in [4.78, 5) is 4.39. The van der Waals surface area contributed by atoms with Gasteiger partial charge in [0.05, 0.1) is 12.1 Å². The zero-order valence-electron chi connectivity index (χ0n) is 14.6. The Kier molecular flexibility index (Phi) is 11.0. The van der Waals surface area contributed by atoms with Crippen LogP contribution in [-0.4, -0.2) is 42.5 Å². The van der Waals surface area contributed by atoms with Gasteiger partial charge in [-0.3, -0.25) is 4.99 Å². The lowest BCUT2D eigenvalue weighted by Gasteiger charge is -2.26. The second-order valence-corrected chi connectivity index (χ2v) is 5.92. The van der Waals surface area contributed by atoms with Crippen LogP contribution in [-0.2, 0) is 0 Å². The molecule has 0 saturated carbocycles. The molecule has 138 valence electrons. The maximum Gasteiger partial charge on any atom is 0.389 e. The molecule has 0 atom stereocenters. The molecule has 0 rings (SSSR count). The molecule has 0 unspecified atom stereocenters. The van der Waals surface area contributed by atoms with Crippen LogP contribution in [0, 0.1) is 0 Å². The molecule has 0 aliphatic heterocycles. The molecule has 0 radical (unpaired) electrons. The van der Waals surface area contributed by atoms with Gasteiger partial charge in [-0.1, -0.05) is 26.7 Å². The van der Waals surface area contributed by atoms with E-state index in [0.717, 1.165) is 12.8 Å². The van der Waals surface area contributed by atoms with Crippen LogP contribution in [0.25, 0.3) is 0 Å². The van der Waals surface area contributed by atoms with E-state index in [4.69, 9.17) is 0 Å². The second-order valence-electron chi connectivity index (χ2n) is 5.92. The number of rotatable bonds is 11. The lowest BCUT2D eigenvalue weighted by Crippen LogP contribution is -2.40. The van der Waals surface area contributed by atoms with Gasteiger partial charge < -0.3 is 15.7 Å². The Morgan fingerprint density at radius 1 is 0.957 bits per heavy atom. The van der Waals surface area contributed by atoms with Crippen LogP contribution in [0.2, 0.25) is 0 Å². The number of hydrogen-bond donors (Lipinski definition) is 3. The van der Waals surface area contributed by atoms with Crippen LogP contribution in [0.4, 0.5) is 13.2 Å². The molecule has 4 nitrogen and oxygen atoms in total. The van der Waals surface area contributed by atoms with Crippen LogP contribution in [0.5, 0.6) is 0 Å². The van der Waals surface area contributed by atoms with Gasteiger partial charge in [0, 0.05) is 19.5 Å². The number of nitrogens with zero attached hydrogens (tertiary/aromatic N) is 1. The van der Waals surface area contributed by atoms with Gasteiger partial charge in [-0.15, -0.1) is 0 Å². The van der Waals surface area contributed by atoms with Crippen LogP contribution < -0.4 is 10.6 Å². The molecule has 0 amide bonds. The third kappa shape index (κ3) is 12.1. The monoisotopic (exact) mass is 339 g/mol. The predicted octanol–water partition coefficient (Wildman–Crippen LogP) is 3.61. The van der Waals surface area contributed by atoms with E-state index in [9.17, 15) is 18.3 Å². The molecule has 0 aromatic heterocycles. The highest BCUT2D eigenvalue weighted by Crippen LogP contribution is 2.22. The van der Waals surface area contributed by atoms with Gasteiger partial charge in [0.2, 0.25) is 0 Å². The summed E-state index contributed by atoms with van der Waals surface area (Å²) < 4.78 is 36.2. The number of hydrogen-bond acceptors (Lipinski definition) is 2. The van der Waals surface area contributed by atoms with Crippen molar-refractivity contribution >= 4 is 5.96 Å². The standard InChI is InChI=1S/C16H32F3N3O/c1-4-9-15(23,10-5-2)13-22-14(20-6-3)21-12-8-7-11-16(17,18)19/h23H,4-13H2,1-3H3,(H2,20,21,22). The van der Waals surface area contributed by atoms with Crippen molar-refractivity contribution in [2.45, 2.75) is 77.5 Å². The van der Waals surface area contributed by atoms with Crippen molar-refractivity contribution in [1.82, 2.24) is 10.6 Å². The Labute approximate surface area is 137 Å². The lowest BCUT2D eigenvalue weighted by molar-refractivity contribution is -0.135. The first-order valence-corrected chi connectivity index (χ1v) is 8.57. The molecule has 0 heterocycles. The molecule has 7 heteroatoms. The summed E-state index contributed by atoms with van der Waals surface area (Å²) in [5, 5.41) is 16.6. The minimum absolute atomic E-state index is 0.103. The van der Waals surface area contributed by atoms with E-state index < -0.39 is 18.2 Å². The van der Waals surface area contributed by atoms with E-state index in [1.807, 2.05) is 20.8 Å². The SMILES string of the molecule is CCCC(O)(CCC)CN=C(NCC)NCCCCC(F)(F)F. The average molecular weight is 339 g/mol. The fourth-order valence-corrected chi connectivity index (χ4v) is 2.44. The van der Waals surface area contributed by atoms with E-state index in [1.54, 1.807) is 0 Å². The van der Waals surface area contributed by atoms with E-state index in [0.29, 0.717) is 44.9 Å². The second kappa shape index (κ2) is 11.5. The van der Waals surface area contributed by atoms with Crippen molar-refractivity contribution in [3.63, 3.8) is 0 Å². The maximum absolute atomic E-state index is 12.1. The molecule has 23 heavy (non-hydrogen) atoms. The highest BCUT2D eigenvalue weighted by Gasteiger charge is 2.26. The molecule has 0 fully saturated rings. The Morgan fingerprint density at radius 3 is 2.04 bits per heavy atom. The third-order valence-corrected chi connectivity index (χ3v) is 3.49. The van der Waals surface area contributed by atoms with Gasteiger partial charge in [0.1, 0.15) is 0 Å². The smallest absolute Gasteiger partial charge is 0.388 e. The first-order chi connectivity index (χ1) is 10.8. The Balaban J connectivity index is 4.36. The number of unbranched alkanes of at least 4 members (excludes halogenated alkanes) is 1. The molecular weight excluding hydrogens is 307 g/mol. The molecular formula is C16H32F3N3O. The van der Waals surface area contributed by atoms with Crippen LogP contribution in [0.1, 0.15) is 65.7 Å². The summed E-state index contributed by atoms with van der Waals surface area (Å²) in [5.74, 6) is 0.546. The van der Waals surface area contributed by atoms with Crippen molar-refractivity contribution in [2.75, 3.05) is 19.6 Å². The minimum Gasteiger partial charge on any atom is -0.388 e. The quantitative estimate of drug-likeness (QED) is 0.306. The van der Waals surface area contributed by atoms with Crippen molar-refractivity contribution in [3.8, 4) is 0 Å². The lowest BCUT2D eigenvalue weighted by atomic mass is 9.93. The van der Waals surface area contributed by atoms with Crippen molar-refractivity contribution in [3.05, 3.63) is 0 Å². The fourth-order valence-electron chi connectivity index (χ4n) is 2.44. The van der Waals surface area contributed by atoms with E-state index in [1.165, 1.54) is 0 Å². The zero-order chi connectivity index (χ0) is 17.8. The Bertz CT molecular complexity index is 327. The molecule has 0 aliphatic rings. The van der Waals surface area contributed by atoms with Gasteiger partial charge in [0.25, 0.3) is 0 Å². The molecule has 3 N–H and O–H groups in total. The Morgan fingerprint density at radius 2 is 1.57 bits per heavy atom. The highest BCUT2D eigenvalue weighted by molar-refractivity contribution is 5.79. The molecule has 0 aromatic carbocycles. The number of nitrogens with one attached hydrogen (secondary N) is 2. The summed E-state index contributed by atoms with van der Waals surface area (Å²) in [6, 6.07) is 0. The Hall–Kier alpha value is -0.980. The summed E-state index contributed by atoms with van der Waals surface area (Å²) in [5.41, 5.74) is -0.803. The van der Waals surface area contributed by atoms with E-state index >= 15 is 0 Å². The summed E-state index contributed by atoms with van der Waals surface area (Å²) >= 11 is 0. The number of aliphatic hydroxyl groups is 1. The first-order valence-electron chi connectivity index (χ1n) is 8.57. The third-order valence-electron chi connectivity index (χ3n) is 3.49. The van der Waals surface area contributed by atoms with Crippen molar-refractivity contribution in [2.24, 2.45) is 4.99 Å². The molecule has 0 spiro atoms. The summed E-state index contributed by atoms with van der Waals surface area (Å²) in [6.45, 7) is 7.36. The zero-order valence-corrected chi connectivity index (χ0v) is 14.6. The normalized spacial score (nSPS) is 13.3. The number of halogens is 3. The molecule has 0 saturated heterocycles. The largest absolute Gasteiger partial charge is 0.389 e. The highest BCUT2D eigenvalue weighted by atomic mass is 19.4. The van der Waals surface area contributed by atoms with Gasteiger partial charge in [-0.2, -0.15) is 13.2 Å². The summed E-state index contributed by atoms with van der Waals surface area (Å²) in [6.07, 6.45) is -1.17. The molecule has 0 aliphatic carbocycles. The predicted molar refractivity (Wildman–Crippen MR) is 88.7 cm³/mol. The van der Waals surface area contributed by atoms with Crippen LogP contribution in [0.15, 0.2) is 4.99 Å². The molecule has 0 bridgehead atoms. The minimum atomic E-state index is -4.09. The first kappa shape index (κ1) is 22.0. The number of alkyl halides is 3. The average Bonchev–Trinajstić information content (AvgIpc) is 2.43. The van der Waals surface area contributed by atoms with Gasteiger partial charge in [-0.25, -0.2) is 0 Å². The van der Waals surface area contributed by atoms with Gasteiger partial charge >= 0.3 is 6.18 Å². The van der Waals surface area contributed by atoms with Gasteiger partial charge in [0.15, 0.2) is 5.96 Å². The van der Waals surface area contributed by atoms with Crippen LogP contribution >= 0.6 is 0 Å². The van der Waals surface area contributed by atoms with Crippen LogP contribution in [0.3, 0.4) is 0 Å². The topological polar surface area (TPSA) is 56.7 Å². The molecule has 0 aromatic rings. The number of aliphatic imine (C=N–C) groups is 1. The van der Waals surface area contributed by atoms with Gasteiger partial charge in [-0.05, 0) is 32.6 Å². The van der Waals surface area contributed by atoms with E-state index in [2.05, 4.69) is 15.6 Å². The maximum atomic E-state index is 12.1. The van der Waals surface area contributed by atoms with Crippen molar-refractivity contribution < 1.29 is 18.3 Å². The number of guanidine groups is 1. The van der Waals surface area contributed by atoms with Crippen molar-refractivity contribution in [1.29, 1.82) is 0 Å². The fraction of sp³-hybridized carbons (Fsp3) is 0.938.